The van der Waals surface area contributed by atoms with Gasteiger partial charge in [0.05, 0.1) is 23.6 Å². The van der Waals surface area contributed by atoms with Crippen LogP contribution in [0.25, 0.3) is 0 Å². The van der Waals surface area contributed by atoms with Gasteiger partial charge in [0, 0.05) is 25.4 Å². The number of rotatable bonds is 4. The number of pyridine rings is 1. The first kappa shape index (κ1) is 18.9. The summed E-state index contributed by atoms with van der Waals surface area (Å²) in [6.45, 7) is 5.01. The monoisotopic (exact) mass is 399 g/mol. The molecule has 0 spiro atoms. The highest BCUT2D eigenvalue weighted by atomic mass is 35.5. The van der Waals surface area contributed by atoms with Gasteiger partial charge in [0.2, 0.25) is 0 Å². The van der Waals surface area contributed by atoms with Crippen LogP contribution in [0.2, 0.25) is 5.15 Å². The van der Waals surface area contributed by atoms with Gasteiger partial charge in [-0.25, -0.2) is 17.8 Å². The van der Waals surface area contributed by atoms with E-state index in [0.717, 1.165) is 6.20 Å². The maximum absolute atomic E-state index is 14.6. The van der Waals surface area contributed by atoms with Gasteiger partial charge in [-0.15, -0.1) is 0 Å². The highest BCUT2D eigenvalue weighted by Gasteiger charge is 2.24. The summed E-state index contributed by atoms with van der Waals surface area (Å²) in [6.07, 6.45) is 1.13. The van der Waals surface area contributed by atoms with Crippen molar-refractivity contribution in [3.8, 4) is 0 Å². The maximum atomic E-state index is 14.6. The van der Waals surface area contributed by atoms with E-state index in [0.29, 0.717) is 18.8 Å². The van der Waals surface area contributed by atoms with Crippen LogP contribution in [-0.2, 0) is 14.8 Å². The molecule has 1 saturated heterocycles. The molecule has 26 heavy (non-hydrogen) atoms. The van der Waals surface area contributed by atoms with Crippen LogP contribution in [0.4, 0.5) is 15.8 Å². The van der Waals surface area contributed by atoms with Gasteiger partial charge in [0.1, 0.15) is 15.9 Å². The Balaban J connectivity index is 1.80. The molecule has 0 radical (unpaired) electrons. The fourth-order valence-electron chi connectivity index (χ4n) is 2.94. The third-order valence-electron chi connectivity index (χ3n) is 3.97. The lowest BCUT2D eigenvalue weighted by Crippen LogP contribution is -2.45. The standard InChI is InChI=1S/C17H19ClFN3O3S/c1-11-9-22(10-12(2)25-11)16-5-3-13(7-15(16)19)21-26(23,24)14-4-6-17(18)20-8-14/h3-8,11-12,21H,9-10H2,1-2H3/t11-,12-/m1/s1. The summed E-state index contributed by atoms with van der Waals surface area (Å²) < 4.78 is 47.3. The number of nitrogens with one attached hydrogen (secondary N) is 1. The van der Waals surface area contributed by atoms with Crippen molar-refractivity contribution in [2.75, 3.05) is 22.7 Å². The number of nitrogens with zero attached hydrogens (tertiary/aromatic N) is 2. The van der Waals surface area contributed by atoms with E-state index in [1.807, 2.05) is 18.7 Å². The molecular formula is C17H19ClFN3O3S. The van der Waals surface area contributed by atoms with Crippen LogP contribution in [0.1, 0.15) is 13.8 Å². The first-order valence-corrected chi connectivity index (χ1v) is 9.95. The zero-order chi connectivity index (χ0) is 18.9. The van der Waals surface area contributed by atoms with E-state index in [2.05, 4.69) is 9.71 Å². The molecule has 0 bridgehead atoms. The Morgan fingerprint density at radius 2 is 1.92 bits per heavy atom. The van der Waals surface area contributed by atoms with Gasteiger partial charge in [-0.2, -0.15) is 0 Å². The Hall–Kier alpha value is -1.90. The van der Waals surface area contributed by atoms with Gasteiger partial charge < -0.3 is 9.64 Å². The Morgan fingerprint density at radius 3 is 2.50 bits per heavy atom. The quantitative estimate of drug-likeness (QED) is 0.799. The minimum absolute atomic E-state index is 0.00580. The molecule has 0 saturated carbocycles. The fourth-order valence-corrected chi connectivity index (χ4v) is 4.04. The molecule has 2 atom stereocenters. The zero-order valence-electron chi connectivity index (χ0n) is 14.3. The molecule has 0 aliphatic carbocycles. The number of hydrogen-bond donors (Lipinski definition) is 1. The summed E-state index contributed by atoms with van der Waals surface area (Å²) >= 11 is 5.66. The topological polar surface area (TPSA) is 71.5 Å². The van der Waals surface area contributed by atoms with E-state index in [1.54, 1.807) is 6.07 Å². The summed E-state index contributed by atoms with van der Waals surface area (Å²) in [7, 11) is -3.87. The number of anilines is 2. The second-order valence-corrected chi connectivity index (χ2v) is 8.32. The fraction of sp³-hybridized carbons (Fsp3) is 0.353. The smallest absolute Gasteiger partial charge is 0.263 e. The molecule has 0 amide bonds. The molecular weight excluding hydrogens is 381 g/mol. The molecule has 1 aromatic heterocycles. The van der Waals surface area contributed by atoms with Crippen LogP contribution in [0.3, 0.4) is 0 Å². The van der Waals surface area contributed by atoms with Crippen molar-refractivity contribution in [3.63, 3.8) is 0 Å². The van der Waals surface area contributed by atoms with Crippen molar-refractivity contribution < 1.29 is 17.5 Å². The Bertz CT molecular complexity index is 883. The van der Waals surface area contributed by atoms with Gasteiger partial charge in [-0.05, 0) is 38.1 Å². The van der Waals surface area contributed by atoms with Crippen molar-refractivity contribution in [1.82, 2.24) is 4.98 Å². The first-order chi connectivity index (χ1) is 12.2. The van der Waals surface area contributed by atoms with Crippen molar-refractivity contribution in [2.45, 2.75) is 31.0 Å². The summed E-state index contributed by atoms with van der Waals surface area (Å²) in [6, 6.07) is 6.97. The molecule has 1 N–H and O–H groups in total. The zero-order valence-corrected chi connectivity index (χ0v) is 15.9. The van der Waals surface area contributed by atoms with Gasteiger partial charge >= 0.3 is 0 Å². The summed E-state index contributed by atoms with van der Waals surface area (Å²) in [5.41, 5.74) is 0.554. The Morgan fingerprint density at radius 1 is 1.23 bits per heavy atom. The first-order valence-electron chi connectivity index (χ1n) is 8.09. The van der Waals surface area contributed by atoms with Gasteiger partial charge in [0.15, 0.2) is 0 Å². The molecule has 2 heterocycles. The van der Waals surface area contributed by atoms with E-state index in [-0.39, 0.29) is 27.9 Å². The van der Waals surface area contributed by atoms with Gasteiger partial charge in [-0.1, -0.05) is 11.6 Å². The lowest BCUT2D eigenvalue weighted by molar-refractivity contribution is -0.00539. The van der Waals surface area contributed by atoms with E-state index < -0.39 is 15.8 Å². The minimum atomic E-state index is -3.87. The Labute approximate surface area is 157 Å². The van der Waals surface area contributed by atoms with Crippen LogP contribution in [-0.4, -0.2) is 38.7 Å². The van der Waals surface area contributed by atoms with Crippen molar-refractivity contribution in [1.29, 1.82) is 0 Å². The van der Waals surface area contributed by atoms with Gasteiger partial charge in [0.25, 0.3) is 10.0 Å². The molecule has 140 valence electrons. The molecule has 6 nitrogen and oxygen atoms in total. The number of aromatic nitrogens is 1. The van der Waals surface area contributed by atoms with Crippen LogP contribution in [0, 0.1) is 5.82 Å². The minimum Gasteiger partial charge on any atom is -0.372 e. The summed E-state index contributed by atoms with van der Waals surface area (Å²) in [5.74, 6) is -0.499. The average Bonchev–Trinajstić information content (AvgIpc) is 2.54. The highest BCUT2D eigenvalue weighted by Crippen LogP contribution is 2.27. The lowest BCUT2D eigenvalue weighted by atomic mass is 10.2. The van der Waals surface area contributed by atoms with Crippen LogP contribution in [0.15, 0.2) is 41.4 Å². The number of hydrogen-bond acceptors (Lipinski definition) is 5. The normalized spacial score (nSPS) is 20.8. The highest BCUT2D eigenvalue weighted by molar-refractivity contribution is 7.92. The lowest BCUT2D eigenvalue weighted by Gasteiger charge is -2.37. The average molecular weight is 400 g/mol. The van der Waals surface area contributed by atoms with Crippen molar-refractivity contribution in [3.05, 3.63) is 47.5 Å². The SMILES string of the molecule is C[C@@H]1CN(c2ccc(NS(=O)(=O)c3ccc(Cl)nc3)cc2F)C[C@@H](C)O1. The number of ether oxygens (including phenoxy) is 1. The summed E-state index contributed by atoms with van der Waals surface area (Å²) in [5, 5.41) is 0.188. The molecule has 1 aliphatic rings. The molecule has 1 aliphatic heterocycles. The number of benzene rings is 1. The van der Waals surface area contributed by atoms with Crippen LogP contribution >= 0.6 is 11.6 Å². The molecule has 1 aromatic carbocycles. The predicted octanol–water partition coefficient (Wildman–Crippen LogP) is 3.29. The van der Waals surface area contributed by atoms with E-state index in [1.165, 1.54) is 24.3 Å². The molecule has 0 unspecified atom stereocenters. The third kappa shape index (κ3) is 4.25. The maximum Gasteiger partial charge on any atom is 0.263 e. The second-order valence-electron chi connectivity index (χ2n) is 6.25. The van der Waals surface area contributed by atoms with E-state index in [4.69, 9.17) is 16.3 Å². The second kappa shape index (κ2) is 7.38. The van der Waals surface area contributed by atoms with Crippen LogP contribution < -0.4 is 9.62 Å². The van der Waals surface area contributed by atoms with Crippen LogP contribution in [0.5, 0.6) is 0 Å². The van der Waals surface area contributed by atoms with Gasteiger partial charge in [-0.3, -0.25) is 4.72 Å². The number of sulfonamides is 1. The molecule has 2 aromatic rings. The Kier molecular flexibility index (Phi) is 5.36. The molecule has 1 fully saturated rings. The molecule has 9 heteroatoms. The number of morpholine rings is 1. The van der Waals surface area contributed by atoms with E-state index in [9.17, 15) is 12.8 Å². The molecule has 3 rings (SSSR count). The summed E-state index contributed by atoms with van der Waals surface area (Å²) in [4.78, 5) is 5.59. The number of halogens is 2. The van der Waals surface area contributed by atoms with E-state index >= 15 is 0 Å². The predicted molar refractivity (Wildman–Crippen MR) is 98.7 cm³/mol. The van der Waals surface area contributed by atoms with Crippen molar-refractivity contribution in [2.24, 2.45) is 0 Å². The van der Waals surface area contributed by atoms with Crippen molar-refractivity contribution >= 4 is 33.0 Å². The third-order valence-corrected chi connectivity index (χ3v) is 5.56. The largest absolute Gasteiger partial charge is 0.372 e.